The molecule has 1 aromatic heterocycles. The van der Waals surface area contributed by atoms with E-state index in [1.165, 1.54) is 0 Å². The fraction of sp³-hybridized carbons (Fsp3) is 0.200. The summed E-state index contributed by atoms with van der Waals surface area (Å²) < 4.78 is 1.85. The van der Waals surface area contributed by atoms with E-state index in [1.807, 2.05) is 18.4 Å². The Balaban J connectivity index is 2.71. The molecule has 0 atom stereocenters. The average Bonchev–Trinajstić information content (AvgIpc) is 2.73. The summed E-state index contributed by atoms with van der Waals surface area (Å²) in [6, 6.07) is 8.97. The van der Waals surface area contributed by atoms with Crippen molar-refractivity contribution in [1.29, 1.82) is 5.26 Å². The first kappa shape index (κ1) is 14.6. The number of halogens is 2. The third-order valence-electron chi connectivity index (χ3n) is 3.17. The van der Waals surface area contributed by atoms with Crippen LogP contribution in [0.2, 0.25) is 5.02 Å². The molecule has 0 aliphatic rings. The first-order valence-corrected chi connectivity index (χ1v) is 6.89. The maximum absolute atomic E-state index is 11.8. The molecule has 0 radical (unpaired) electrons. The molecule has 0 bridgehead atoms. The smallest absolute Gasteiger partial charge is 0.179 e. The van der Waals surface area contributed by atoms with Gasteiger partial charge in [0.25, 0.3) is 0 Å². The van der Waals surface area contributed by atoms with Crippen molar-refractivity contribution in [2.75, 3.05) is 5.88 Å². The van der Waals surface area contributed by atoms with Crippen molar-refractivity contribution < 1.29 is 4.79 Å². The van der Waals surface area contributed by atoms with E-state index >= 15 is 0 Å². The zero-order chi connectivity index (χ0) is 14.9. The number of ketones is 1. The minimum atomic E-state index is -0.133. The van der Waals surface area contributed by atoms with E-state index in [4.69, 9.17) is 23.2 Å². The summed E-state index contributed by atoms with van der Waals surface area (Å²) in [4.78, 5) is 11.8. The van der Waals surface area contributed by atoms with E-state index in [2.05, 4.69) is 6.07 Å². The number of hydrogen-bond donors (Lipinski definition) is 0. The topological polar surface area (TPSA) is 45.8 Å². The number of carbonyl (C=O) groups is 1. The monoisotopic (exact) mass is 306 g/mol. The van der Waals surface area contributed by atoms with Crippen molar-refractivity contribution in [1.82, 2.24) is 4.57 Å². The van der Waals surface area contributed by atoms with Gasteiger partial charge >= 0.3 is 0 Å². The Kier molecular flexibility index (Phi) is 4.17. The molecule has 1 heterocycles. The SMILES string of the molecule is Cc1cc(C(=O)CCl)c(C)n1-c1cc(Cl)ccc1C#N. The Bertz CT molecular complexity index is 726. The van der Waals surface area contributed by atoms with Gasteiger partial charge in [0.1, 0.15) is 6.07 Å². The maximum atomic E-state index is 11.8. The van der Waals surface area contributed by atoms with Gasteiger partial charge in [0.15, 0.2) is 5.78 Å². The summed E-state index contributed by atoms with van der Waals surface area (Å²) in [6.45, 7) is 3.70. The molecule has 102 valence electrons. The fourth-order valence-electron chi connectivity index (χ4n) is 2.27. The maximum Gasteiger partial charge on any atom is 0.179 e. The zero-order valence-corrected chi connectivity index (χ0v) is 12.6. The van der Waals surface area contributed by atoms with Crippen LogP contribution in [0.5, 0.6) is 0 Å². The molecule has 0 aliphatic heterocycles. The van der Waals surface area contributed by atoms with Crippen LogP contribution in [0.25, 0.3) is 5.69 Å². The number of carbonyl (C=O) groups excluding carboxylic acids is 1. The number of Topliss-reactive ketones (excluding diaryl/α,β-unsaturated/α-hetero) is 1. The van der Waals surface area contributed by atoms with E-state index in [1.54, 1.807) is 24.3 Å². The van der Waals surface area contributed by atoms with Gasteiger partial charge in [0, 0.05) is 22.0 Å². The molecule has 2 aromatic rings. The first-order valence-electron chi connectivity index (χ1n) is 5.97. The van der Waals surface area contributed by atoms with Crippen LogP contribution in [0.15, 0.2) is 24.3 Å². The number of benzene rings is 1. The minimum Gasteiger partial charge on any atom is -0.316 e. The van der Waals surface area contributed by atoms with Crippen molar-refractivity contribution in [3.8, 4) is 11.8 Å². The molecule has 0 N–H and O–H groups in total. The van der Waals surface area contributed by atoms with Crippen LogP contribution >= 0.6 is 23.2 Å². The Morgan fingerprint density at radius 2 is 2.05 bits per heavy atom. The lowest BCUT2D eigenvalue weighted by atomic mass is 10.1. The van der Waals surface area contributed by atoms with Gasteiger partial charge in [-0.25, -0.2) is 0 Å². The molecule has 0 fully saturated rings. The molecular formula is C15H12Cl2N2O. The normalized spacial score (nSPS) is 10.3. The standard InChI is InChI=1S/C15H12Cl2N2O/c1-9-5-13(15(20)7-16)10(2)19(9)14-6-12(17)4-3-11(14)8-18/h3-6H,7H2,1-2H3. The van der Waals surface area contributed by atoms with Crippen LogP contribution in [0.4, 0.5) is 0 Å². The summed E-state index contributed by atoms with van der Waals surface area (Å²) in [5, 5.41) is 9.76. The van der Waals surface area contributed by atoms with Crippen molar-refractivity contribution in [3.05, 3.63) is 51.8 Å². The summed E-state index contributed by atoms with van der Waals surface area (Å²) in [6.07, 6.45) is 0. The van der Waals surface area contributed by atoms with Crippen LogP contribution in [0.3, 0.4) is 0 Å². The van der Waals surface area contributed by atoms with E-state index in [9.17, 15) is 10.1 Å². The predicted molar refractivity (Wildman–Crippen MR) is 80.0 cm³/mol. The van der Waals surface area contributed by atoms with Gasteiger partial charge in [-0.15, -0.1) is 11.6 Å². The highest BCUT2D eigenvalue weighted by Crippen LogP contribution is 2.26. The lowest BCUT2D eigenvalue weighted by molar-refractivity contribution is 0.102. The van der Waals surface area contributed by atoms with Crippen molar-refractivity contribution >= 4 is 29.0 Å². The quantitative estimate of drug-likeness (QED) is 0.634. The van der Waals surface area contributed by atoms with Crippen LogP contribution in [0, 0.1) is 25.2 Å². The number of nitriles is 1. The number of aromatic nitrogens is 1. The fourth-order valence-corrected chi connectivity index (χ4v) is 2.58. The van der Waals surface area contributed by atoms with E-state index in [0.717, 1.165) is 11.4 Å². The third-order valence-corrected chi connectivity index (χ3v) is 3.65. The van der Waals surface area contributed by atoms with Gasteiger partial charge < -0.3 is 4.57 Å². The van der Waals surface area contributed by atoms with E-state index < -0.39 is 0 Å². The summed E-state index contributed by atoms with van der Waals surface area (Å²) >= 11 is 11.6. The Labute approximate surface area is 127 Å². The molecule has 20 heavy (non-hydrogen) atoms. The minimum absolute atomic E-state index is 0.0645. The predicted octanol–water partition coefficient (Wildman–Crippen LogP) is 4.04. The molecule has 3 nitrogen and oxygen atoms in total. The van der Waals surface area contributed by atoms with Crippen molar-refractivity contribution in [2.24, 2.45) is 0 Å². The second kappa shape index (κ2) is 5.70. The number of rotatable bonds is 3. The summed E-state index contributed by atoms with van der Waals surface area (Å²) in [5.74, 6) is -0.197. The first-order chi connectivity index (χ1) is 9.49. The van der Waals surface area contributed by atoms with Crippen molar-refractivity contribution in [2.45, 2.75) is 13.8 Å². The number of nitrogens with zero attached hydrogens (tertiary/aromatic N) is 2. The largest absolute Gasteiger partial charge is 0.316 e. The highest BCUT2D eigenvalue weighted by molar-refractivity contribution is 6.31. The van der Waals surface area contributed by atoms with Crippen LogP contribution < -0.4 is 0 Å². The van der Waals surface area contributed by atoms with Gasteiger partial charge in [-0.05, 0) is 38.1 Å². The highest BCUT2D eigenvalue weighted by Gasteiger charge is 2.17. The molecule has 0 saturated heterocycles. The van der Waals surface area contributed by atoms with E-state index in [-0.39, 0.29) is 11.7 Å². The van der Waals surface area contributed by atoms with Gasteiger partial charge in [0.05, 0.1) is 17.1 Å². The molecule has 1 aromatic carbocycles. The Morgan fingerprint density at radius 1 is 1.35 bits per heavy atom. The number of hydrogen-bond acceptors (Lipinski definition) is 2. The van der Waals surface area contributed by atoms with Gasteiger partial charge in [-0.2, -0.15) is 5.26 Å². The highest BCUT2D eigenvalue weighted by atomic mass is 35.5. The third kappa shape index (κ3) is 2.45. The van der Waals surface area contributed by atoms with Gasteiger partial charge in [-0.3, -0.25) is 4.79 Å². The van der Waals surface area contributed by atoms with Gasteiger partial charge in [-0.1, -0.05) is 11.6 Å². The summed E-state index contributed by atoms with van der Waals surface area (Å²) in [7, 11) is 0. The number of alkyl halides is 1. The lowest BCUT2D eigenvalue weighted by Gasteiger charge is -2.12. The molecule has 5 heteroatoms. The summed E-state index contributed by atoms with van der Waals surface area (Å²) in [5.41, 5.74) is 3.35. The zero-order valence-electron chi connectivity index (χ0n) is 11.1. The van der Waals surface area contributed by atoms with Gasteiger partial charge in [0.2, 0.25) is 0 Å². The van der Waals surface area contributed by atoms with Crippen molar-refractivity contribution in [3.63, 3.8) is 0 Å². The molecule has 0 amide bonds. The van der Waals surface area contributed by atoms with Crippen LogP contribution in [-0.4, -0.2) is 16.2 Å². The molecule has 0 unspecified atom stereocenters. The van der Waals surface area contributed by atoms with E-state index in [0.29, 0.717) is 21.8 Å². The Hall–Kier alpha value is -1.76. The average molecular weight is 307 g/mol. The van der Waals surface area contributed by atoms with Crippen LogP contribution in [-0.2, 0) is 0 Å². The lowest BCUT2D eigenvalue weighted by Crippen LogP contribution is -2.05. The Morgan fingerprint density at radius 3 is 2.65 bits per heavy atom. The molecular weight excluding hydrogens is 295 g/mol. The van der Waals surface area contributed by atoms with Crippen LogP contribution in [0.1, 0.15) is 27.3 Å². The molecule has 0 aliphatic carbocycles. The molecule has 2 rings (SSSR count). The second-order valence-electron chi connectivity index (χ2n) is 4.45. The number of aryl methyl sites for hydroxylation is 1. The molecule has 0 saturated carbocycles. The second-order valence-corrected chi connectivity index (χ2v) is 5.15. The molecule has 0 spiro atoms.